The van der Waals surface area contributed by atoms with Crippen LogP contribution in [-0.2, 0) is 13.1 Å². The van der Waals surface area contributed by atoms with Crippen LogP contribution in [0.2, 0.25) is 0 Å². The highest BCUT2D eigenvalue weighted by molar-refractivity contribution is 6.06. The first-order chi connectivity index (χ1) is 14.7. The number of amides is 1. The molecule has 6 heteroatoms. The van der Waals surface area contributed by atoms with Gasteiger partial charge in [0.1, 0.15) is 18.4 Å². The number of methoxy groups -OCH3 is 1. The second-order valence-electron chi connectivity index (χ2n) is 6.86. The third kappa shape index (κ3) is 4.55. The number of ether oxygens (including phenoxy) is 1. The normalized spacial score (nSPS) is 10.6. The highest BCUT2D eigenvalue weighted by atomic mass is 16.5. The first-order valence-electron chi connectivity index (χ1n) is 9.64. The topological polar surface area (TPSA) is 60.2 Å². The van der Waals surface area contributed by atoms with E-state index < -0.39 is 0 Å². The van der Waals surface area contributed by atoms with Crippen LogP contribution in [0, 0.1) is 0 Å². The largest absolute Gasteiger partial charge is 0.497 e. The van der Waals surface area contributed by atoms with Crippen molar-refractivity contribution in [2.24, 2.45) is 0 Å². The van der Waals surface area contributed by atoms with Gasteiger partial charge in [-0.15, -0.1) is 0 Å². The van der Waals surface area contributed by atoms with Gasteiger partial charge in [-0.05, 0) is 47.5 Å². The molecule has 0 aliphatic heterocycles. The van der Waals surface area contributed by atoms with Crippen LogP contribution >= 0.6 is 0 Å². The average molecular weight is 398 g/mol. The highest BCUT2D eigenvalue weighted by Gasteiger charge is 2.18. The molecular formula is C24H22N4O2. The Morgan fingerprint density at radius 3 is 2.30 bits per heavy atom. The van der Waals surface area contributed by atoms with E-state index in [0.717, 1.165) is 22.6 Å². The van der Waals surface area contributed by atoms with Gasteiger partial charge in [0, 0.05) is 11.3 Å². The Morgan fingerprint density at radius 2 is 1.67 bits per heavy atom. The summed E-state index contributed by atoms with van der Waals surface area (Å²) in [5.41, 5.74) is 3.56. The second kappa shape index (κ2) is 9.05. The molecule has 0 N–H and O–H groups in total. The molecule has 1 amide bonds. The Balaban J connectivity index is 1.59. The van der Waals surface area contributed by atoms with Crippen LogP contribution in [0.1, 0.15) is 21.5 Å². The molecule has 1 aromatic heterocycles. The van der Waals surface area contributed by atoms with Crippen molar-refractivity contribution >= 4 is 11.6 Å². The van der Waals surface area contributed by atoms with E-state index in [1.54, 1.807) is 23.0 Å². The fourth-order valence-corrected chi connectivity index (χ4v) is 3.22. The van der Waals surface area contributed by atoms with E-state index >= 15 is 0 Å². The summed E-state index contributed by atoms with van der Waals surface area (Å²) < 4.78 is 7.00. The van der Waals surface area contributed by atoms with E-state index in [2.05, 4.69) is 10.1 Å². The van der Waals surface area contributed by atoms with E-state index in [4.69, 9.17) is 4.74 Å². The van der Waals surface area contributed by atoms with E-state index in [1.807, 2.05) is 78.9 Å². The number of carbonyl (C=O) groups excluding carboxylic acids is 1. The Labute approximate surface area is 175 Å². The summed E-state index contributed by atoms with van der Waals surface area (Å²) in [5.74, 6) is 0.694. The van der Waals surface area contributed by atoms with Gasteiger partial charge in [-0.1, -0.05) is 42.5 Å². The van der Waals surface area contributed by atoms with Crippen molar-refractivity contribution in [1.82, 2.24) is 14.8 Å². The molecule has 0 aliphatic carbocycles. The van der Waals surface area contributed by atoms with Gasteiger partial charge in [0.05, 0.1) is 20.2 Å². The summed E-state index contributed by atoms with van der Waals surface area (Å²) in [4.78, 5) is 19.1. The zero-order chi connectivity index (χ0) is 20.8. The minimum Gasteiger partial charge on any atom is -0.497 e. The lowest BCUT2D eigenvalue weighted by molar-refractivity contribution is 0.0985. The molecule has 30 heavy (non-hydrogen) atoms. The molecule has 4 rings (SSSR count). The molecule has 0 saturated heterocycles. The standard InChI is InChI=1S/C24H22N4O2/c1-30-23-13-11-22(12-14-23)28(16-19-5-3-2-4-6-19)24(29)21-9-7-20(8-10-21)15-27-18-25-17-26-27/h2-14,17-18H,15-16H2,1H3. The molecule has 0 saturated carbocycles. The summed E-state index contributed by atoms with van der Waals surface area (Å²) >= 11 is 0. The van der Waals surface area contributed by atoms with Crippen LogP contribution < -0.4 is 9.64 Å². The van der Waals surface area contributed by atoms with Crippen LogP contribution in [0.25, 0.3) is 0 Å². The van der Waals surface area contributed by atoms with Crippen LogP contribution in [0.5, 0.6) is 5.75 Å². The predicted molar refractivity (Wildman–Crippen MR) is 116 cm³/mol. The average Bonchev–Trinajstić information content (AvgIpc) is 3.31. The SMILES string of the molecule is COc1ccc(N(Cc2ccccc2)C(=O)c2ccc(Cn3cncn3)cc2)cc1. The van der Waals surface area contributed by atoms with Gasteiger partial charge in [-0.2, -0.15) is 5.10 Å². The number of carbonyl (C=O) groups is 1. The fourth-order valence-electron chi connectivity index (χ4n) is 3.22. The zero-order valence-electron chi connectivity index (χ0n) is 16.7. The molecule has 6 nitrogen and oxygen atoms in total. The fraction of sp³-hybridized carbons (Fsp3) is 0.125. The minimum absolute atomic E-state index is 0.0590. The maximum absolute atomic E-state index is 13.4. The van der Waals surface area contributed by atoms with Gasteiger partial charge < -0.3 is 9.64 Å². The maximum Gasteiger partial charge on any atom is 0.258 e. The van der Waals surface area contributed by atoms with Crippen molar-refractivity contribution < 1.29 is 9.53 Å². The van der Waals surface area contributed by atoms with Gasteiger partial charge in [-0.25, -0.2) is 9.67 Å². The Hall–Kier alpha value is -3.93. The molecule has 150 valence electrons. The minimum atomic E-state index is -0.0590. The lowest BCUT2D eigenvalue weighted by Crippen LogP contribution is -2.30. The highest BCUT2D eigenvalue weighted by Crippen LogP contribution is 2.23. The van der Waals surface area contributed by atoms with Crippen molar-refractivity contribution in [3.8, 4) is 5.75 Å². The molecule has 4 aromatic rings. The Bertz CT molecular complexity index is 1080. The molecule has 0 bridgehead atoms. The third-order valence-electron chi connectivity index (χ3n) is 4.82. The molecule has 0 spiro atoms. The Morgan fingerprint density at radius 1 is 0.933 bits per heavy atom. The van der Waals surface area contributed by atoms with Gasteiger partial charge >= 0.3 is 0 Å². The molecule has 0 aliphatic rings. The van der Waals surface area contributed by atoms with Crippen molar-refractivity contribution in [2.45, 2.75) is 13.1 Å². The van der Waals surface area contributed by atoms with E-state index in [0.29, 0.717) is 18.7 Å². The van der Waals surface area contributed by atoms with Gasteiger partial charge in [0.25, 0.3) is 5.91 Å². The summed E-state index contributed by atoms with van der Waals surface area (Å²) in [6.45, 7) is 1.09. The van der Waals surface area contributed by atoms with Crippen molar-refractivity contribution in [3.05, 3.63) is 108 Å². The van der Waals surface area contributed by atoms with Crippen LogP contribution in [-0.4, -0.2) is 27.8 Å². The monoisotopic (exact) mass is 398 g/mol. The quantitative estimate of drug-likeness (QED) is 0.469. The van der Waals surface area contributed by atoms with Crippen LogP contribution in [0.4, 0.5) is 5.69 Å². The zero-order valence-corrected chi connectivity index (χ0v) is 16.7. The first kappa shape index (κ1) is 19.4. The smallest absolute Gasteiger partial charge is 0.258 e. The molecular weight excluding hydrogens is 376 g/mol. The second-order valence-corrected chi connectivity index (χ2v) is 6.86. The van der Waals surface area contributed by atoms with E-state index in [1.165, 1.54) is 6.33 Å². The number of hydrogen-bond donors (Lipinski definition) is 0. The molecule has 0 unspecified atom stereocenters. The van der Waals surface area contributed by atoms with Crippen LogP contribution in [0.15, 0.2) is 91.5 Å². The lowest BCUT2D eigenvalue weighted by atomic mass is 10.1. The maximum atomic E-state index is 13.4. The molecule has 0 atom stereocenters. The summed E-state index contributed by atoms with van der Waals surface area (Å²) in [6, 6.07) is 25.1. The number of benzene rings is 3. The van der Waals surface area contributed by atoms with Gasteiger partial charge in [-0.3, -0.25) is 4.79 Å². The molecule has 0 fully saturated rings. The number of anilines is 1. The molecule has 3 aromatic carbocycles. The molecule has 0 radical (unpaired) electrons. The van der Waals surface area contributed by atoms with E-state index in [-0.39, 0.29) is 5.91 Å². The first-order valence-corrected chi connectivity index (χ1v) is 9.64. The van der Waals surface area contributed by atoms with Crippen molar-refractivity contribution in [2.75, 3.05) is 12.0 Å². The van der Waals surface area contributed by atoms with Crippen molar-refractivity contribution in [1.29, 1.82) is 0 Å². The van der Waals surface area contributed by atoms with Crippen LogP contribution in [0.3, 0.4) is 0 Å². The van der Waals surface area contributed by atoms with E-state index in [9.17, 15) is 4.79 Å². The molecule has 1 heterocycles. The third-order valence-corrected chi connectivity index (χ3v) is 4.82. The Kier molecular flexibility index (Phi) is 5.85. The lowest BCUT2D eigenvalue weighted by Gasteiger charge is -2.23. The number of rotatable bonds is 7. The number of aromatic nitrogens is 3. The predicted octanol–water partition coefficient (Wildman–Crippen LogP) is 4.18. The van der Waals surface area contributed by atoms with Gasteiger partial charge in [0.2, 0.25) is 0 Å². The number of hydrogen-bond acceptors (Lipinski definition) is 4. The summed E-state index contributed by atoms with van der Waals surface area (Å²) in [6.07, 6.45) is 3.18. The summed E-state index contributed by atoms with van der Waals surface area (Å²) in [5, 5.41) is 4.12. The van der Waals surface area contributed by atoms with Gasteiger partial charge in [0.15, 0.2) is 0 Å². The summed E-state index contributed by atoms with van der Waals surface area (Å²) in [7, 11) is 1.63. The number of nitrogens with zero attached hydrogens (tertiary/aromatic N) is 4. The van der Waals surface area contributed by atoms with Crippen molar-refractivity contribution in [3.63, 3.8) is 0 Å².